The average molecular weight is 626 g/mol. The molecule has 1 atom stereocenters. The van der Waals surface area contributed by atoms with E-state index >= 15 is 0 Å². The molecule has 3 aromatic heterocycles. The Morgan fingerprint density at radius 1 is 1.27 bits per heavy atom. The normalized spacial score (nSPS) is 14.5. The Morgan fingerprint density at radius 3 is 2.82 bits per heavy atom. The van der Waals surface area contributed by atoms with E-state index in [1.54, 1.807) is 17.2 Å². The molecule has 44 heavy (non-hydrogen) atoms. The largest absolute Gasteiger partial charge is 0.434 e. The Kier molecular flexibility index (Phi) is 9.66. The van der Waals surface area contributed by atoms with Gasteiger partial charge in [-0.2, -0.15) is 24.2 Å². The third kappa shape index (κ3) is 7.29. The van der Waals surface area contributed by atoms with Crippen LogP contribution in [0.15, 0.2) is 49.1 Å². The van der Waals surface area contributed by atoms with Crippen LogP contribution in [0.3, 0.4) is 0 Å². The minimum absolute atomic E-state index is 0.0148. The smallest absolute Gasteiger partial charge is 0.387 e. The summed E-state index contributed by atoms with van der Waals surface area (Å²) in [7, 11) is 0. The number of carbonyl (C=O) groups excluding carboxylic acids is 2. The molecule has 1 fully saturated rings. The molecule has 15 heteroatoms. The third-order valence-electron chi connectivity index (χ3n) is 7.32. The summed E-state index contributed by atoms with van der Waals surface area (Å²) in [5, 5.41) is 24.0. The summed E-state index contributed by atoms with van der Waals surface area (Å²) in [6.45, 7) is 0.452. The third-order valence-corrected chi connectivity index (χ3v) is 7.56. The zero-order valence-electron chi connectivity index (χ0n) is 23.8. The first-order valence-corrected chi connectivity index (χ1v) is 14.4. The highest BCUT2D eigenvalue weighted by Gasteiger charge is 2.26. The molecular weight excluding hydrogens is 596 g/mol. The Labute approximate surface area is 256 Å². The second-order valence-corrected chi connectivity index (χ2v) is 10.9. The van der Waals surface area contributed by atoms with Gasteiger partial charge in [0.25, 0.3) is 5.91 Å². The van der Waals surface area contributed by atoms with Gasteiger partial charge in [0.05, 0.1) is 18.0 Å². The predicted molar refractivity (Wildman–Crippen MR) is 157 cm³/mol. The van der Waals surface area contributed by atoms with Crippen molar-refractivity contribution in [3.8, 4) is 23.1 Å². The van der Waals surface area contributed by atoms with Crippen LogP contribution in [-0.4, -0.2) is 73.4 Å². The van der Waals surface area contributed by atoms with Gasteiger partial charge in [-0.1, -0.05) is 11.6 Å². The second kappa shape index (κ2) is 13.8. The van der Waals surface area contributed by atoms with Crippen molar-refractivity contribution >= 4 is 34.7 Å². The number of piperidine rings is 1. The molecule has 0 bridgehead atoms. The van der Waals surface area contributed by atoms with E-state index in [9.17, 15) is 18.4 Å². The summed E-state index contributed by atoms with van der Waals surface area (Å²) in [6, 6.07) is 8.23. The van der Waals surface area contributed by atoms with Crippen molar-refractivity contribution in [2.24, 2.45) is 5.92 Å². The van der Waals surface area contributed by atoms with Gasteiger partial charge in [0, 0.05) is 54.2 Å². The maximum Gasteiger partial charge on any atom is 0.387 e. The maximum atomic E-state index is 13.3. The van der Waals surface area contributed by atoms with Gasteiger partial charge in [-0.15, -0.1) is 0 Å². The minimum Gasteiger partial charge on any atom is -0.434 e. The summed E-state index contributed by atoms with van der Waals surface area (Å²) in [4.78, 5) is 32.5. The van der Waals surface area contributed by atoms with Crippen LogP contribution in [0.2, 0.25) is 5.02 Å². The van der Waals surface area contributed by atoms with Gasteiger partial charge in [-0.25, -0.2) is 9.50 Å². The number of hydrogen-bond donors (Lipinski definition) is 2. The van der Waals surface area contributed by atoms with Gasteiger partial charge < -0.3 is 20.3 Å². The van der Waals surface area contributed by atoms with Crippen molar-refractivity contribution in [3.63, 3.8) is 0 Å². The maximum absolute atomic E-state index is 13.3. The standard InChI is InChI=1S/C29H30ClF2N9O3/c1-18(14-33)5-9-34-20-6-11-39(12-7-20)25(42)17-40-16-23(37-28(43)22-15-36-41-10-2-8-35-27(22)41)26(38-40)21-13-19(30)3-4-24(21)44-29(31)32/h2-4,8,10,13,15-16,18,20,29,34H,5-7,9,11-12,17H2,1H3,(H,37,43). The van der Waals surface area contributed by atoms with E-state index in [1.807, 2.05) is 6.92 Å². The number of anilines is 1. The van der Waals surface area contributed by atoms with Crippen LogP contribution in [0.25, 0.3) is 16.9 Å². The molecule has 1 saturated heterocycles. The molecule has 0 radical (unpaired) electrons. The number of carbonyl (C=O) groups is 2. The number of likely N-dealkylation sites (tertiary alicyclic amines) is 1. The van der Waals surface area contributed by atoms with E-state index in [4.69, 9.17) is 21.6 Å². The molecule has 1 aliphatic rings. The predicted octanol–water partition coefficient (Wildman–Crippen LogP) is 4.23. The Hall–Kier alpha value is -4.61. The second-order valence-electron chi connectivity index (χ2n) is 10.4. The van der Waals surface area contributed by atoms with E-state index in [2.05, 4.69) is 31.9 Å². The van der Waals surface area contributed by atoms with Gasteiger partial charge in [0.1, 0.15) is 23.6 Å². The highest BCUT2D eigenvalue weighted by atomic mass is 35.5. The molecule has 1 aromatic carbocycles. The summed E-state index contributed by atoms with van der Waals surface area (Å²) < 4.78 is 34.0. The van der Waals surface area contributed by atoms with Gasteiger partial charge in [-0.05, 0) is 57.0 Å². The molecule has 1 aliphatic heterocycles. The molecule has 230 valence electrons. The van der Waals surface area contributed by atoms with Crippen molar-refractivity contribution in [1.82, 2.24) is 34.6 Å². The molecule has 0 saturated carbocycles. The number of hydrogen-bond acceptors (Lipinski definition) is 8. The number of nitrogens with one attached hydrogen (secondary N) is 2. The molecule has 2 N–H and O–H groups in total. The molecule has 0 spiro atoms. The number of fused-ring (bicyclic) bond motifs is 1. The number of ether oxygens (including phenoxy) is 1. The first-order valence-electron chi connectivity index (χ1n) is 14.0. The number of halogens is 3. The van der Waals surface area contributed by atoms with Gasteiger partial charge >= 0.3 is 6.61 Å². The van der Waals surface area contributed by atoms with E-state index in [0.29, 0.717) is 18.7 Å². The molecule has 4 aromatic rings. The Balaban J connectivity index is 1.36. The van der Waals surface area contributed by atoms with Gasteiger partial charge in [0.15, 0.2) is 5.65 Å². The number of alkyl halides is 2. The first-order chi connectivity index (χ1) is 21.2. The number of benzene rings is 1. The lowest BCUT2D eigenvalue weighted by atomic mass is 10.0. The molecule has 1 unspecified atom stereocenters. The van der Waals surface area contributed by atoms with Crippen molar-refractivity contribution < 1.29 is 23.1 Å². The average Bonchev–Trinajstić information content (AvgIpc) is 3.62. The first kappa shape index (κ1) is 30.8. The summed E-state index contributed by atoms with van der Waals surface area (Å²) in [5.74, 6) is -0.967. The van der Waals surface area contributed by atoms with Crippen LogP contribution in [0.1, 0.15) is 36.5 Å². The van der Waals surface area contributed by atoms with Gasteiger partial charge in [-0.3, -0.25) is 14.3 Å². The van der Waals surface area contributed by atoms with Crippen LogP contribution >= 0.6 is 11.6 Å². The molecular formula is C29H30ClF2N9O3. The SMILES string of the molecule is CC(C#N)CCNC1CCN(C(=O)Cn2cc(NC(=O)c3cnn4cccnc34)c(-c3cc(Cl)ccc3OC(F)F)n2)CC1. The molecule has 4 heterocycles. The summed E-state index contributed by atoms with van der Waals surface area (Å²) in [5.41, 5.74) is 0.831. The zero-order chi connectivity index (χ0) is 31.2. The number of nitriles is 1. The number of nitrogens with zero attached hydrogens (tertiary/aromatic N) is 7. The van der Waals surface area contributed by atoms with E-state index in [0.717, 1.165) is 25.8 Å². The van der Waals surface area contributed by atoms with E-state index < -0.39 is 12.5 Å². The summed E-state index contributed by atoms with van der Waals surface area (Å²) >= 11 is 6.20. The number of amides is 2. The van der Waals surface area contributed by atoms with E-state index in [-0.39, 0.29) is 57.7 Å². The number of aromatic nitrogens is 5. The van der Waals surface area contributed by atoms with Crippen LogP contribution in [-0.2, 0) is 11.3 Å². The zero-order valence-corrected chi connectivity index (χ0v) is 24.5. The minimum atomic E-state index is -3.12. The summed E-state index contributed by atoms with van der Waals surface area (Å²) in [6.07, 6.45) is 8.28. The highest BCUT2D eigenvalue weighted by molar-refractivity contribution is 6.31. The van der Waals surface area contributed by atoms with Crippen molar-refractivity contribution in [2.75, 3.05) is 25.0 Å². The molecule has 0 aliphatic carbocycles. The topological polar surface area (TPSA) is 142 Å². The highest BCUT2D eigenvalue weighted by Crippen LogP contribution is 2.37. The van der Waals surface area contributed by atoms with Crippen molar-refractivity contribution in [2.45, 2.75) is 45.4 Å². The Bertz CT molecular complexity index is 1680. The van der Waals surface area contributed by atoms with Gasteiger partial charge in [0.2, 0.25) is 5.91 Å². The molecule has 12 nitrogen and oxygen atoms in total. The van der Waals surface area contributed by atoms with Crippen LogP contribution in [0.4, 0.5) is 14.5 Å². The fourth-order valence-electron chi connectivity index (χ4n) is 5.00. The fraction of sp³-hybridized carbons (Fsp3) is 0.379. The molecule has 2 amide bonds. The van der Waals surface area contributed by atoms with Crippen LogP contribution < -0.4 is 15.4 Å². The quantitative estimate of drug-likeness (QED) is 0.252. The van der Waals surface area contributed by atoms with E-state index in [1.165, 1.54) is 46.0 Å². The number of rotatable bonds is 11. The molecule has 5 rings (SSSR count). The van der Waals surface area contributed by atoms with Crippen LogP contribution in [0.5, 0.6) is 5.75 Å². The lowest BCUT2D eigenvalue weighted by Gasteiger charge is -2.32. The monoisotopic (exact) mass is 625 g/mol. The van der Waals surface area contributed by atoms with Crippen LogP contribution in [0, 0.1) is 17.2 Å². The lowest BCUT2D eigenvalue weighted by Crippen LogP contribution is -2.46. The lowest BCUT2D eigenvalue weighted by molar-refractivity contribution is -0.133. The van der Waals surface area contributed by atoms with Crippen molar-refractivity contribution in [1.29, 1.82) is 5.26 Å². The fourth-order valence-corrected chi connectivity index (χ4v) is 5.17. The Morgan fingerprint density at radius 2 is 2.07 bits per heavy atom. The van der Waals surface area contributed by atoms with Crippen molar-refractivity contribution in [3.05, 3.63) is 59.6 Å².